The van der Waals surface area contributed by atoms with Crippen LogP contribution in [-0.2, 0) is 19.6 Å². The first-order valence-corrected chi connectivity index (χ1v) is 10.9. The van der Waals surface area contributed by atoms with E-state index in [0.717, 1.165) is 0 Å². The van der Waals surface area contributed by atoms with Crippen LogP contribution in [0.2, 0.25) is 0 Å². The highest BCUT2D eigenvalue weighted by Gasteiger charge is 2.33. The molecule has 1 aliphatic rings. The molecular formula is C18H21N3O4S2. The highest BCUT2D eigenvalue weighted by molar-refractivity contribution is 7.91. The van der Waals surface area contributed by atoms with Crippen LogP contribution in [0.15, 0.2) is 46.0 Å². The zero-order valence-corrected chi connectivity index (χ0v) is 16.5. The van der Waals surface area contributed by atoms with E-state index in [1.807, 2.05) is 0 Å². The summed E-state index contributed by atoms with van der Waals surface area (Å²) in [5.41, 5.74) is 1.25. The molecule has 1 atom stereocenters. The van der Waals surface area contributed by atoms with Crippen molar-refractivity contribution in [2.75, 3.05) is 23.7 Å². The zero-order chi connectivity index (χ0) is 19.4. The molecule has 0 aliphatic carbocycles. The maximum atomic E-state index is 12.7. The molecule has 2 N–H and O–H groups in total. The molecule has 2 aromatic rings. The van der Waals surface area contributed by atoms with Gasteiger partial charge in [0.15, 0.2) is 0 Å². The van der Waals surface area contributed by atoms with Gasteiger partial charge in [-0.3, -0.25) is 9.59 Å². The number of piperidine rings is 1. The van der Waals surface area contributed by atoms with Crippen molar-refractivity contribution in [1.82, 2.24) is 4.31 Å². The smallest absolute Gasteiger partial charge is 0.252 e. The Balaban J connectivity index is 1.64. The number of amides is 2. The molecule has 0 unspecified atom stereocenters. The van der Waals surface area contributed by atoms with Crippen molar-refractivity contribution in [2.24, 2.45) is 5.92 Å². The topological polar surface area (TPSA) is 95.6 Å². The van der Waals surface area contributed by atoms with E-state index in [4.69, 9.17) is 0 Å². The number of nitrogens with one attached hydrogen (secondary N) is 2. The van der Waals surface area contributed by atoms with Gasteiger partial charge in [-0.15, -0.1) is 11.3 Å². The van der Waals surface area contributed by atoms with Crippen molar-refractivity contribution < 1.29 is 18.0 Å². The van der Waals surface area contributed by atoms with Gasteiger partial charge in [0.1, 0.15) is 4.21 Å². The van der Waals surface area contributed by atoms with E-state index in [9.17, 15) is 18.0 Å². The van der Waals surface area contributed by atoms with Gasteiger partial charge in [-0.25, -0.2) is 8.42 Å². The van der Waals surface area contributed by atoms with Crippen LogP contribution in [0.25, 0.3) is 0 Å². The Labute approximate surface area is 162 Å². The van der Waals surface area contributed by atoms with Crippen LogP contribution in [0.4, 0.5) is 11.4 Å². The lowest BCUT2D eigenvalue weighted by molar-refractivity contribution is -0.121. The molecule has 7 nitrogen and oxygen atoms in total. The fourth-order valence-electron chi connectivity index (χ4n) is 3.00. The summed E-state index contributed by atoms with van der Waals surface area (Å²) >= 11 is 1.18. The normalized spacial score (nSPS) is 18.0. The molecule has 144 valence electrons. The molecule has 2 amide bonds. The minimum absolute atomic E-state index is 0.166. The second kappa shape index (κ2) is 8.20. The first-order valence-electron chi connectivity index (χ1n) is 8.58. The highest BCUT2D eigenvalue weighted by Crippen LogP contribution is 2.27. The van der Waals surface area contributed by atoms with Crippen molar-refractivity contribution >= 4 is 44.5 Å². The Bertz CT molecular complexity index is 909. The summed E-state index contributed by atoms with van der Waals surface area (Å²) in [7, 11) is -3.54. The van der Waals surface area contributed by atoms with E-state index >= 15 is 0 Å². The lowest BCUT2D eigenvalue weighted by atomic mass is 9.98. The summed E-state index contributed by atoms with van der Waals surface area (Å²) < 4.78 is 27.0. The Hall–Kier alpha value is -2.23. The molecule has 3 rings (SSSR count). The third kappa shape index (κ3) is 4.74. The Morgan fingerprint density at radius 1 is 1.11 bits per heavy atom. The number of carbonyl (C=O) groups excluding carboxylic acids is 2. The van der Waals surface area contributed by atoms with Gasteiger partial charge in [0.05, 0.1) is 5.92 Å². The molecule has 0 saturated carbocycles. The van der Waals surface area contributed by atoms with Crippen LogP contribution in [0.1, 0.15) is 19.8 Å². The molecule has 0 bridgehead atoms. The largest absolute Gasteiger partial charge is 0.326 e. The lowest BCUT2D eigenvalue weighted by Gasteiger charge is -2.30. The molecule has 0 radical (unpaired) electrons. The molecule has 1 aromatic carbocycles. The van der Waals surface area contributed by atoms with Crippen molar-refractivity contribution in [3.8, 4) is 0 Å². The Morgan fingerprint density at radius 3 is 2.37 bits per heavy atom. The fourth-order valence-corrected chi connectivity index (χ4v) is 5.67. The number of anilines is 2. The standard InChI is InChI=1S/C18H21N3O4S2/c1-13(22)19-15-6-8-16(9-7-15)20-18(23)14-4-2-10-21(12-14)27(24,25)17-5-3-11-26-17/h3,5-9,11,14H,2,4,10,12H2,1H3,(H,19,22)(H,20,23)/t14-/m1/s1. The lowest BCUT2D eigenvalue weighted by Crippen LogP contribution is -2.43. The summed E-state index contributed by atoms with van der Waals surface area (Å²) in [6.45, 7) is 2.03. The Kier molecular flexibility index (Phi) is 5.93. The highest BCUT2D eigenvalue weighted by atomic mass is 32.2. The minimum atomic E-state index is -3.54. The molecule has 0 spiro atoms. The van der Waals surface area contributed by atoms with Gasteiger partial charge in [-0.2, -0.15) is 4.31 Å². The van der Waals surface area contributed by atoms with E-state index in [0.29, 0.717) is 35.0 Å². The number of hydrogen-bond acceptors (Lipinski definition) is 5. The summed E-state index contributed by atoms with van der Waals surface area (Å²) in [6.07, 6.45) is 1.29. The number of rotatable bonds is 5. The van der Waals surface area contributed by atoms with Gasteiger partial charge >= 0.3 is 0 Å². The minimum Gasteiger partial charge on any atom is -0.326 e. The first kappa shape index (κ1) is 19.5. The van der Waals surface area contributed by atoms with E-state index in [-0.39, 0.29) is 18.4 Å². The summed E-state index contributed by atoms with van der Waals surface area (Å²) in [5.74, 6) is -0.766. The van der Waals surface area contributed by atoms with Crippen LogP contribution in [-0.4, -0.2) is 37.6 Å². The van der Waals surface area contributed by atoms with E-state index < -0.39 is 15.9 Å². The van der Waals surface area contributed by atoms with Crippen molar-refractivity contribution in [3.63, 3.8) is 0 Å². The summed E-state index contributed by atoms with van der Waals surface area (Å²) in [5, 5.41) is 7.22. The molecule has 9 heteroatoms. The SMILES string of the molecule is CC(=O)Nc1ccc(NC(=O)[C@@H]2CCCN(S(=O)(=O)c3cccs3)C2)cc1. The van der Waals surface area contributed by atoms with E-state index in [1.54, 1.807) is 41.8 Å². The first-order chi connectivity index (χ1) is 12.9. The number of thiophene rings is 1. The number of carbonyl (C=O) groups is 2. The maximum absolute atomic E-state index is 12.7. The second-order valence-corrected chi connectivity index (χ2v) is 9.49. The molecule has 1 saturated heterocycles. The summed E-state index contributed by atoms with van der Waals surface area (Å²) in [4.78, 5) is 23.6. The average Bonchev–Trinajstić information content (AvgIpc) is 3.18. The average molecular weight is 408 g/mol. The second-order valence-electron chi connectivity index (χ2n) is 6.38. The maximum Gasteiger partial charge on any atom is 0.252 e. The van der Waals surface area contributed by atoms with E-state index in [2.05, 4.69) is 10.6 Å². The van der Waals surface area contributed by atoms with Crippen molar-refractivity contribution in [2.45, 2.75) is 24.0 Å². The Morgan fingerprint density at radius 2 is 1.78 bits per heavy atom. The number of sulfonamides is 1. The third-order valence-electron chi connectivity index (χ3n) is 4.32. The monoisotopic (exact) mass is 407 g/mol. The number of nitrogens with zero attached hydrogens (tertiary/aromatic N) is 1. The molecule has 2 heterocycles. The molecule has 1 aliphatic heterocycles. The van der Waals surface area contributed by atoms with Gasteiger partial charge in [0, 0.05) is 31.4 Å². The van der Waals surface area contributed by atoms with Crippen LogP contribution >= 0.6 is 11.3 Å². The van der Waals surface area contributed by atoms with E-state index in [1.165, 1.54) is 22.6 Å². The van der Waals surface area contributed by atoms with Crippen LogP contribution < -0.4 is 10.6 Å². The third-order valence-corrected chi connectivity index (χ3v) is 7.56. The molecular weight excluding hydrogens is 386 g/mol. The van der Waals surface area contributed by atoms with Gasteiger partial charge in [0.25, 0.3) is 10.0 Å². The number of hydrogen-bond donors (Lipinski definition) is 2. The van der Waals surface area contributed by atoms with Gasteiger partial charge in [0.2, 0.25) is 11.8 Å². The quantitative estimate of drug-likeness (QED) is 0.797. The van der Waals surface area contributed by atoms with Gasteiger partial charge in [-0.05, 0) is 48.6 Å². The van der Waals surface area contributed by atoms with Crippen molar-refractivity contribution in [3.05, 3.63) is 41.8 Å². The fraction of sp³-hybridized carbons (Fsp3) is 0.333. The van der Waals surface area contributed by atoms with Gasteiger partial charge in [-0.1, -0.05) is 6.07 Å². The van der Waals surface area contributed by atoms with Crippen LogP contribution in [0, 0.1) is 5.92 Å². The molecule has 1 fully saturated rings. The predicted molar refractivity (Wildman–Crippen MR) is 105 cm³/mol. The number of benzene rings is 1. The van der Waals surface area contributed by atoms with Crippen molar-refractivity contribution in [1.29, 1.82) is 0 Å². The molecule has 1 aromatic heterocycles. The van der Waals surface area contributed by atoms with Crippen LogP contribution in [0.3, 0.4) is 0 Å². The zero-order valence-electron chi connectivity index (χ0n) is 14.8. The predicted octanol–water partition coefficient (Wildman–Crippen LogP) is 2.75. The summed E-state index contributed by atoms with van der Waals surface area (Å²) in [6, 6.07) is 10.1. The molecule has 27 heavy (non-hydrogen) atoms. The van der Waals surface area contributed by atoms with Gasteiger partial charge < -0.3 is 10.6 Å². The van der Waals surface area contributed by atoms with Crippen LogP contribution in [0.5, 0.6) is 0 Å².